The summed E-state index contributed by atoms with van der Waals surface area (Å²) >= 11 is 0. The summed E-state index contributed by atoms with van der Waals surface area (Å²) in [5.74, 6) is 0. The first-order valence-corrected chi connectivity index (χ1v) is 7.58. The normalized spacial score (nSPS) is 14.0. The first-order chi connectivity index (χ1) is 13.2. The van der Waals surface area contributed by atoms with Crippen molar-refractivity contribution in [1.29, 1.82) is 5.26 Å². The van der Waals surface area contributed by atoms with Gasteiger partial charge in [-0.1, -0.05) is 12.1 Å². The third kappa shape index (κ3) is 2.08. The molecule has 0 unspecified atom stereocenters. The van der Waals surface area contributed by atoms with Crippen LogP contribution in [0.3, 0.4) is 0 Å². The van der Waals surface area contributed by atoms with E-state index < -0.39 is 6.85 Å². The average molecular weight is 317 g/mol. The van der Waals surface area contributed by atoms with Gasteiger partial charge in [0.05, 0.1) is 18.6 Å². The van der Waals surface area contributed by atoms with Crippen molar-refractivity contribution in [1.82, 2.24) is 0 Å². The van der Waals surface area contributed by atoms with E-state index in [4.69, 9.17) is 15.2 Å². The van der Waals surface area contributed by atoms with Gasteiger partial charge in [-0.15, -0.1) is 0 Å². The van der Waals surface area contributed by atoms with Gasteiger partial charge < -0.3 is 4.42 Å². The molecule has 0 fully saturated rings. The van der Waals surface area contributed by atoms with Crippen molar-refractivity contribution in [2.75, 3.05) is 0 Å². The SMILES string of the molecule is [2H]c1cc(-c2c(C)ccc3c2oc2cc(C#N)ccc23)[n+](C)cc1C([2H])([2H])[2H]. The van der Waals surface area contributed by atoms with Crippen LogP contribution >= 0.6 is 0 Å². The number of aryl methyl sites for hydroxylation is 3. The molecule has 0 spiro atoms. The van der Waals surface area contributed by atoms with E-state index >= 15 is 0 Å². The Morgan fingerprint density at radius 2 is 2.04 bits per heavy atom. The molecule has 0 amide bonds. The van der Waals surface area contributed by atoms with Gasteiger partial charge in [0, 0.05) is 26.5 Å². The minimum atomic E-state index is -2.35. The number of benzene rings is 2. The Morgan fingerprint density at radius 3 is 2.83 bits per heavy atom. The first-order valence-electron chi connectivity index (χ1n) is 9.58. The highest BCUT2D eigenvalue weighted by molar-refractivity contribution is 6.09. The van der Waals surface area contributed by atoms with Crippen molar-refractivity contribution in [2.45, 2.75) is 13.8 Å². The third-order valence-corrected chi connectivity index (χ3v) is 4.30. The van der Waals surface area contributed by atoms with Crippen LogP contribution < -0.4 is 4.57 Å². The van der Waals surface area contributed by atoms with Gasteiger partial charge >= 0.3 is 0 Å². The smallest absolute Gasteiger partial charge is 0.216 e. The zero-order valence-electron chi connectivity index (χ0n) is 17.3. The molecule has 0 saturated carbocycles. The molecule has 24 heavy (non-hydrogen) atoms. The van der Waals surface area contributed by atoms with Crippen LogP contribution in [0.5, 0.6) is 0 Å². The van der Waals surface area contributed by atoms with E-state index in [0.29, 0.717) is 22.4 Å². The van der Waals surface area contributed by atoms with E-state index in [-0.39, 0.29) is 11.6 Å². The molecule has 3 heteroatoms. The first kappa shape index (κ1) is 10.6. The maximum absolute atomic E-state index is 9.15. The van der Waals surface area contributed by atoms with Crippen LogP contribution in [-0.2, 0) is 7.05 Å². The molecule has 0 aliphatic heterocycles. The molecule has 2 aromatic carbocycles. The number of fused-ring (bicyclic) bond motifs is 3. The predicted molar refractivity (Wildman–Crippen MR) is 94.5 cm³/mol. The quantitative estimate of drug-likeness (QED) is 0.483. The highest BCUT2D eigenvalue weighted by Gasteiger charge is 2.20. The lowest BCUT2D eigenvalue weighted by molar-refractivity contribution is -0.660. The molecule has 0 saturated heterocycles. The summed E-state index contributed by atoms with van der Waals surface area (Å²) in [6.07, 6.45) is 1.49. The lowest BCUT2D eigenvalue weighted by Gasteiger charge is -2.05. The van der Waals surface area contributed by atoms with Gasteiger partial charge in [0.15, 0.2) is 6.20 Å². The lowest BCUT2D eigenvalue weighted by atomic mass is 10.00. The van der Waals surface area contributed by atoms with Gasteiger partial charge in [-0.25, -0.2) is 4.57 Å². The predicted octanol–water partition coefficient (Wildman–Crippen LogP) is 4.57. The zero-order valence-corrected chi connectivity index (χ0v) is 13.3. The summed E-state index contributed by atoms with van der Waals surface area (Å²) in [7, 11) is 1.76. The van der Waals surface area contributed by atoms with E-state index in [9.17, 15) is 0 Å². The van der Waals surface area contributed by atoms with E-state index in [1.807, 2.05) is 25.1 Å². The Hall–Kier alpha value is -3.12. The fraction of sp³-hybridized carbons (Fsp3) is 0.143. The molecule has 4 aromatic rings. The average Bonchev–Trinajstić information content (AvgIpc) is 3.00. The van der Waals surface area contributed by atoms with Crippen LogP contribution in [0.4, 0.5) is 0 Å². The fourth-order valence-corrected chi connectivity index (χ4v) is 3.12. The Bertz CT molecular complexity index is 1300. The van der Waals surface area contributed by atoms with Crippen molar-refractivity contribution in [3.8, 4) is 17.3 Å². The summed E-state index contributed by atoms with van der Waals surface area (Å²) in [5, 5.41) is 11.0. The maximum atomic E-state index is 9.15. The second-order valence-electron chi connectivity index (χ2n) is 5.89. The van der Waals surface area contributed by atoms with Crippen LogP contribution in [0.15, 0.2) is 53.1 Å². The van der Waals surface area contributed by atoms with Gasteiger partial charge in [-0.05, 0) is 43.6 Å². The van der Waals surface area contributed by atoms with Crippen molar-refractivity contribution in [3.05, 3.63) is 65.3 Å². The molecule has 2 heterocycles. The lowest BCUT2D eigenvalue weighted by Crippen LogP contribution is -2.31. The van der Waals surface area contributed by atoms with E-state index in [0.717, 1.165) is 21.9 Å². The van der Waals surface area contributed by atoms with Crippen molar-refractivity contribution in [2.24, 2.45) is 7.05 Å². The summed E-state index contributed by atoms with van der Waals surface area (Å²) in [5.41, 5.74) is 4.25. The highest BCUT2D eigenvalue weighted by Crippen LogP contribution is 2.37. The Kier molecular flexibility index (Phi) is 2.30. The number of rotatable bonds is 1. The molecule has 4 rings (SSSR count). The van der Waals surface area contributed by atoms with E-state index in [2.05, 4.69) is 6.07 Å². The molecule has 0 aliphatic rings. The van der Waals surface area contributed by atoms with Gasteiger partial charge in [0.1, 0.15) is 18.2 Å². The number of pyridine rings is 1. The van der Waals surface area contributed by atoms with Crippen molar-refractivity contribution >= 4 is 21.9 Å². The Labute approximate surface area is 146 Å². The van der Waals surface area contributed by atoms with Gasteiger partial charge in [0.25, 0.3) is 0 Å². The maximum Gasteiger partial charge on any atom is 0.216 e. The van der Waals surface area contributed by atoms with E-state index in [1.54, 1.807) is 29.8 Å². The number of furan rings is 1. The summed E-state index contributed by atoms with van der Waals surface area (Å²) < 4.78 is 38.9. The second-order valence-corrected chi connectivity index (χ2v) is 5.89. The summed E-state index contributed by atoms with van der Waals surface area (Å²) in [6, 6.07) is 12.9. The molecule has 2 aromatic heterocycles. The zero-order chi connectivity index (χ0) is 20.2. The fourth-order valence-electron chi connectivity index (χ4n) is 3.12. The molecule has 0 N–H and O–H groups in total. The molecule has 0 aliphatic carbocycles. The Morgan fingerprint density at radius 1 is 1.21 bits per heavy atom. The largest absolute Gasteiger partial charge is 0.455 e. The van der Waals surface area contributed by atoms with Crippen LogP contribution in [-0.4, -0.2) is 0 Å². The van der Waals surface area contributed by atoms with Crippen molar-refractivity contribution in [3.63, 3.8) is 0 Å². The topological polar surface area (TPSA) is 40.8 Å². The number of hydrogen-bond donors (Lipinski definition) is 0. The summed E-state index contributed by atoms with van der Waals surface area (Å²) in [6.45, 7) is -0.397. The Balaban J connectivity index is 2.05. The van der Waals surface area contributed by atoms with E-state index in [1.165, 1.54) is 6.20 Å². The number of nitrogens with zero attached hydrogens (tertiary/aromatic N) is 2. The van der Waals surface area contributed by atoms with Crippen LogP contribution in [0, 0.1) is 25.1 Å². The van der Waals surface area contributed by atoms with Gasteiger partial charge in [0.2, 0.25) is 5.69 Å². The second kappa shape index (κ2) is 5.21. The molecule has 0 radical (unpaired) electrons. The molecule has 0 bridgehead atoms. The van der Waals surface area contributed by atoms with Gasteiger partial charge in [-0.3, -0.25) is 0 Å². The molecule has 0 atom stereocenters. The third-order valence-electron chi connectivity index (χ3n) is 4.30. The number of aromatic nitrogens is 1. The minimum absolute atomic E-state index is 0.00634. The minimum Gasteiger partial charge on any atom is -0.455 e. The molecular weight excluding hydrogens is 296 g/mol. The molecular formula is C21H17N2O+. The number of nitriles is 1. The van der Waals surface area contributed by atoms with Crippen molar-refractivity contribution < 1.29 is 14.5 Å². The summed E-state index contributed by atoms with van der Waals surface area (Å²) in [4.78, 5) is 0. The monoisotopic (exact) mass is 317 g/mol. The molecule has 116 valence electrons. The van der Waals surface area contributed by atoms with Crippen LogP contribution in [0.2, 0.25) is 0 Å². The number of hydrogen-bond acceptors (Lipinski definition) is 2. The standard InChI is InChI=1S/C21H17N2O/c1-13-4-9-18(23(3)12-13)20-14(2)5-7-17-16-8-6-15(11-22)10-19(16)24-21(17)20/h4-10,12H,1-3H3/q+1/i1D3,4D. The van der Waals surface area contributed by atoms with Crippen LogP contribution in [0.25, 0.3) is 33.2 Å². The highest BCUT2D eigenvalue weighted by atomic mass is 16.3. The van der Waals surface area contributed by atoms with Crippen LogP contribution in [0.1, 0.15) is 22.2 Å². The molecule has 3 nitrogen and oxygen atoms in total. The van der Waals surface area contributed by atoms with Gasteiger partial charge in [-0.2, -0.15) is 5.26 Å².